The average Bonchev–Trinajstić information content (AvgIpc) is 3.31. The summed E-state index contributed by atoms with van der Waals surface area (Å²) in [5.74, 6) is 0.701. The summed E-state index contributed by atoms with van der Waals surface area (Å²) in [5.41, 5.74) is 2.00. The summed E-state index contributed by atoms with van der Waals surface area (Å²) >= 11 is 0. The number of aryl methyl sites for hydroxylation is 1. The summed E-state index contributed by atoms with van der Waals surface area (Å²) < 4.78 is 0. The molecule has 1 heterocycles. The van der Waals surface area contributed by atoms with Crippen molar-refractivity contribution in [3.05, 3.63) is 33.9 Å². The largest absolute Gasteiger partial charge is 0.368 e. The van der Waals surface area contributed by atoms with Crippen LogP contribution in [0.4, 0.5) is 11.4 Å². The van der Waals surface area contributed by atoms with Crippen molar-refractivity contribution in [3.63, 3.8) is 0 Å². The van der Waals surface area contributed by atoms with Gasteiger partial charge in [-0.05, 0) is 57.7 Å². The van der Waals surface area contributed by atoms with Crippen molar-refractivity contribution in [2.24, 2.45) is 5.92 Å². The van der Waals surface area contributed by atoms with E-state index in [1.165, 1.54) is 25.7 Å². The minimum Gasteiger partial charge on any atom is -0.368 e. The number of rotatable bonds is 5. The average molecular weight is 289 g/mol. The molecular weight excluding hydrogens is 266 g/mol. The Morgan fingerprint density at radius 1 is 1.29 bits per heavy atom. The van der Waals surface area contributed by atoms with Crippen LogP contribution in [0.15, 0.2) is 18.2 Å². The van der Waals surface area contributed by atoms with Crippen molar-refractivity contribution in [2.75, 3.05) is 24.5 Å². The van der Waals surface area contributed by atoms with Gasteiger partial charge in [-0.15, -0.1) is 0 Å². The SMILES string of the molecule is Cc1ccc(N(CC2CCNCC2)C2CC2)cc1[N+](=O)[O-]. The van der Waals surface area contributed by atoms with Crippen LogP contribution in [0.5, 0.6) is 0 Å². The van der Waals surface area contributed by atoms with Crippen LogP contribution in [0.1, 0.15) is 31.2 Å². The zero-order valence-electron chi connectivity index (χ0n) is 12.5. The Labute approximate surface area is 125 Å². The van der Waals surface area contributed by atoms with Crippen molar-refractivity contribution < 1.29 is 4.92 Å². The monoisotopic (exact) mass is 289 g/mol. The van der Waals surface area contributed by atoms with E-state index in [2.05, 4.69) is 10.2 Å². The standard InChI is InChI=1S/C16H23N3O2/c1-12-2-3-15(10-16(12)19(20)21)18(14-4-5-14)11-13-6-8-17-9-7-13/h2-3,10,13-14,17H,4-9,11H2,1H3. The third-order valence-corrected chi connectivity index (χ3v) is 4.62. The first-order valence-electron chi connectivity index (χ1n) is 7.87. The Hall–Kier alpha value is -1.62. The van der Waals surface area contributed by atoms with Crippen LogP contribution >= 0.6 is 0 Å². The van der Waals surface area contributed by atoms with Gasteiger partial charge in [0.2, 0.25) is 0 Å². The van der Waals surface area contributed by atoms with Gasteiger partial charge < -0.3 is 10.2 Å². The summed E-state index contributed by atoms with van der Waals surface area (Å²) in [6.07, 6.45) is 4.84. The fourth-order valence-electron chi connectivity index (χ4n) is 3.17. The number of nitro benzene ring substituents is 1. The van der Waals surface area contributed by atoms with E-state index in [-0.39, 0.29) is 10.6 Å². The van der Waals surface area contributed by atoms with Crippen LogP contribution in [-0.4, -0.2) is 30.6 Å². The lowest BCUT2D eigenvalue weighted by molar-refractivity contribution is -0.385. The van der Waals surface area contributed by atoms with E-state index < -0.39 is 0 Å². The minimum absolute atomic E-state index is 0.239. The van der Waals surface area contributed by atoms with Gasteiger partial charge in [-0.1, -0.05) is 6.07 Å². The highest BCUT2D eigenvalue weighted by Crippen LogP contribution is 2.35. The molecule has 0 bridgehead atoms. The van der Waals surface area contributed by atoms with E-state index in [1.807, 2.05) is 12.1 Å². The van der Waals surface area contributed by atoms with Gasteiger partial charge in [-0.25, -0.2) is 0 Å². The second-order valence-corrected chi connectivity index (χ2v) is 6.30. The number of nitro groups is 1. The van der Waals surface area contributed by atoms with Crippen LogP contribution in [0.3, 0.4) is 0 Å². The normalized spacial score (nSPS) is 19.5. The molecule has 0 radical (unpaired) electrons. The fraction of sp³-hybridized carbons (Fsp3) is 0.625. The third-order valence-electron chi connectivity index (χ3n) is 4.62. The maximum Gasteiger partial charge on any atom is 0.274 e. The summed E-state index contributed by atoms with van der Waals surface area (Å²) in [4.78, 5) is 13.3. The third kappa shape index (κ3) is 3.35. The van der Waals surface area contributed by atoms with Crippen molar-refractivity contribution >= 4 is 11.4 Å². The second-order valence-electron chi connectivity index (χ2n) is 6.30. The molecule has 5 heteroatoms. The van der Waals surface area contributed by atoms with Gasteiger partial charge in [0.25, 0.3) is 5.69 Å². The molecule has 5 nitrogen and oxygen atoms in total. The second kappa shape index (κ2) is 6.02. The zero-order valence-corrected chi connectivity index (χ0v) is 12.5. The molecule has 1 saturated carbocycles. The summed E-state index contributed by atoms with van der Waals surface area (Å²) in [6.45, 7) is 5.02. The molecule has 21 heavy (non-hydrogen) atoms. The Bertz CT molecular complexity index is 522. The predicted molar refractivity (Wildman–Crippen MR) is 83.8 cm³/mol. The smallest absolute Gasteiger partial charge is 0.274 e. The predicted octanol–water partition coefficient (Wildman–Crippen LogP) is 2.87. The van der Waals surface area contributed by atoms with E-state index in [0.717, 1.165) is 30.9 Å². The number of hydrogen-bond acceptors (Lipinski definition) is 4. The number of piperidine rings is 1. The molecule has 2 aliphatic rings. The highest BCUT2D eigenvalue weighted by Gasteiger charge is 2.32. The van der Waals surface area contributed by atoms with Gasteiger partial charge in [0.1, 0.15) is 0 Å². The minimum atomic E-state index is -0.269. The molecule has 3 rings (SSSR count). The molecular formula is C16H23N3O2. The zero-order chi connectivity index (χ0) is 14.8. The first-order chi connectivity index (χ1) is 10.1. The maximum atomic E-state index is 11.2. The topological polar surface area (TPSA) is 58.4 Å². The lowest BCUT2D eigenvalue weighted by Gasteiger charge is -2.31. The fourth-order valence-corrected chi connectivity index (χ4v) is 3.17. The van der Waals surface area contributed by atoms with E-state index in [4.69, 9.17) is 0 Å². The van der Waals surface area contributed by atoms with E-state index in [9.17, 15) is 10.1 Å². The van der Waals surface area contributed by atoms with Gasteiger partial charge in [-0.2, -0.15) is 0 Å². The van der Waals surface area contributed by atoms with Crippen molar-refractivity contribution in [1.29, 1.82) is 0 Å². The van der Waals surface area contributed by atoms with E-state index in [0.29, 0.717) is 12.0 Å². The molecule has 0 amide bonds. The maximum absolute atomic E-state index is 11.2. The first kappa shape index (κ1) is 14.3. The van der Waals surface area contributed by atoms with Crippen LogP contribution < -0.4 is 10.2 Å². The molecule has 0 unspecified atom stereocenters. The highest BCUT2D eigenvalue weighted by molar-refractivity contribution is 5.57. The lowest BCUT2D eigenvalue weighted by Crippen LogP contribution is -2.37. The van der Waals surface area contributed by atoms with Gasteiger partial charge in [-0.3, -0.25) is 10.1 Å². The van der Waals surface area contributed by atoms with Crippen molar-refractivity contribution in [2.45, 2.75) is 38.6 Å². The molecule has 1 saturated heterocycles. The van der Waals surface area contributed by atoms with Gasteiger partial charge >= 0.3 is 0 Å². The molecule has 1 N–H and O–H groups in total. The Morgan fingerprint density at radius 3 is 2.62 bits per heavy atom. The number of hydrogen-bond donors (Lipinski definition) is 1. The van der Waals surface area contributed by atoms with Crippen LogP contribution in [0, 0.1) is 23.0 Å². The molecule has 114 valence electrons. The quantitative estimate of drug-likeness (QED) is 0.669. The molecule has 2 fully saturated rings. The molecule has 1 aromatic carbocycles. The van der Waals surface area contributed by atoms with E-state index >= 15 is 0 Å². The number of benzene rings is 1. The van der Waals surface area contributed by atoms with Crippen molar-refractivity contribution in [3.8, 4) is 0 Å². The molecule has 0 aromatic heterocycles. The van der Waals surface area contributed by atoms with Gasteiger partial charge in [0.05, 0.1) is 4.92 Å². The van der Waals surface area contributed by atoms with Crippen LogP contribution in [0.2, 0.25) is 0 Å². The number of nitrogens with one attached hydrogen (secondary N) is 1. The van der Waals surface area contributed by atoms with Crippen LogP contribution in [-0.2, 0) is 0 Å². The Kier molecular flexibility index (Phi) is 4.10. The number of anilines is 1. The van der Waals surface area contributed by atoms with Crippen molar-refractivity contribution in [1.82, 2.24) is 5.32 Å². The molecule has 1 aliphatic heterocycles. The lowest BCUT2D eigenvalue weighted by atomic mass is 9.97. The molecule has 0 spiro atoms. The number of nitrogens with zero attached hydrogens (tertiary/aromatic N) is 2. The summed E-state index contributed by atoms with van der Waals surface area (Å²) in [6, 6.07) is 6.27. The Balaban J connectivity index is 1.80. The van der Waals surface area contributed by atoms with Gasteiger partial charge in [0.15, 0.2) is 0 Å². The highest BCUT2D eigenvalue weighted by atomic mass is 16.6. The van der Waals surface area contributed by atoms with Gasteiger partial charge in [0, 0.05) is 29.9 Å². The summed E-state index contributed by atoms with van der Waals surface area (Å²) in [5, 5.41) is 14.5. The molecule has 1 aliphatic carbocycles. The molecule has 0 atom stereocenters. The Morgan fingerprint density at radius 2 is 2.00 bits per heavy atom. The summed E-state index contributed by atoms with van der Waals surface area (Å²) in [7, 11) is 0. The van der Waals surface area contributed by atoms with Crippen LogP contribution in [0.25, 0.3) is 0 Å². The van der Waals surface area contributed by atoms with E-state index in [1.54, 1.807) is 13.0 Å². The molecule has 1 aromatic rings. The first-order valence-corrected chi connectivity index (χ1v) is 7.87.